The Morgan fingerprint density at radius 3 is 2.42 bits per heavy atom. The maximum Gasteiger partial charge on any atom is 0.255 e. The van der Waals surface area contributed by atoms with Crippen LogP contribution in [0.15, 0.2) is 95.1 Å². The van der Waals surface area contributed by atoms with Gasteiger partial charge in [0.05, 0.1) is 30.5 Å². The number of carbonyl (C=O) groups is 1. The molecule has 4 rings (SSSR count). The van der Waals surface area contributed by atoms with Crippen LogP contribution in [-0.4, -0.2) is 44.0 Å². The highest BCUT2D eigenvalue weighted by molar-refractivity contribution is 7.89. The average Bonchev–Trinajstić information content (AvgIpc) is 3.32. The molecule has 0 fully saturated rings. The molecule has 0 radical (unpaired) electrons. The first-order valence-corrected chi connectivity index (χ1v) is 12.6. The Bertz CT molecular complexity index is 1470. The van der Waals surface area contributed by atoms with Gasteiger partial charge in [0, 0.05) is 22.3 Å². The molecule has 1 amide bonds. The number of hydrogen-bond donors (Lipinski definition) is 2. The van der Waals surface area contributed by atoms with Gasteiger partial charge < -0.3 is 4.74 Å². The SMILES string of the molecule is COc1ccc(-c2nn(-c3ccccc3)cc2/C=N/NC(=O)CNS(=O)(=O)c2ccc(Cl)cc2)cc1. The predicted octanol–water partition coefficient (Wildman–Crippen LogP) is 3.63. The maximum absolute atomic E-state index is 12.3. The molecule has 1 heterocycles. The number of hydrazone groups is 1. The smallest absolute Gasteiger partial charge is 0.255 e. The third-order valence-corrected chi connectivity index (χ3v) is 6.74. The number of benzene rings is 3. The Hall–Kier alpha value is -3.99. The Morgan fingerprint density at radius 2 is 1.75 bits per heavy atom. The van der Waals surface area contributed by atoms with E-state index in [9.17, 15) is 13.2 Å². The molecule has 4 aromatic rings. The Kier molecular flexibility index (Phi) is 7.79. The van der Waals surface area contributed by atoms with Gasteiger partial charge in [-0.3, -0.25) is 4.79 Å². The summed E-state index contributed by atoms with van der Waals surface area (Å²) in [5, 5.41) is 9.09. The molecule has 0 saturated carbocycles. The molecule has 2 N–H and O–H groups in total. The van der Waals surface area contributed by atoms with Crippen LogP contribution in [0, 0.1) is 0 Å². The van der Waals surface area contributed by atoms with Gasteiger partial charge in [-0.25, -0.2) is 23.2 Å². The van der Waals surface area contributed by atoms with Gasteiger partial charge in [0.2, 0.25) is 10.0 Å². The number of ether oxygens (including phenoxy) is 1. The molecular weight excluding hydrogens is 502 g/mol. The zero-order valence-corrected chi connectivity index (χ0v) is 20.7. The molecule has 0 atom stereocenters. The molecule has 9 nitrogen and oxygen atoms in total. The van der Waals surface area contributed by atoms with Gasteiger partial charge in [-0.15, -0.1) is 0 Å². The Labute approximate surface area is 213 Å². The highest BCUT2D eigenvalue weighted by Crippen LogP contribution is 2.25. The number of sulfonamides is 1. The summed E-state index contributed by atoms with van der Waals surface area (Å²) in [6, 6.07) is 22.6. The number of rotatable bonds is 9. The Balaban J connectivity index is 1.48. The standard InChI is InChI=1S/C25H22ClN5O4S/c1-35-22-11-7-18(8-12-22)25-19(17-31(30-25)21-5-3-2-4-6-21)15-27-29-24(32)16-28-36(33,34)23-13-9-20(26)10-14-23/h2-15,17,28H,16H2,1H3,(H,29,32)/b27-15+. The van der Waals surface area contributed by atoms with Crippen LogP contribution in [-0.2, 0) is 14.8 Å². The molecule has 1 aromatic heterocycles. The van der Waals surface area contributed by atoms with E-state index in [4.69, 9.17) is 16.3 Å². The number of aromatic nitrogens is 2. The van der Waals surface area contributed by atoms with Crippen molar-refractivity contribution in [2.24, 2.45) is 5.10 Å². The zero-order valence-electron chi connectivity index (χ0n) is 19.1. The second-order valence-corrected chi connectivity index (χ2v) is 9.72. The van der Waals surface area contributed by atoms with Crippen molar-refractivity contribution < 1.29 is 17.9 Å². The van der Waals surface area contributed by atoms with Crippen molar-refractivity contribution in [1.29, 1.82) is 0 Å². The van der Waals surface area contributed by atoms with Crippen molar-refractivity contribution in [3.05, 3.63) is 95.6 Å². The number of para-hydroxylation sites is 1. The van der Waals surface area contributed by atoms with Crippen LogP contribution >= 0.6 is 11.6 Å². The molecule has 11 heteroatoms. The van der Waals surface area contributed by atoms with Gasteiger partial charge in [0.25, 0.3) is 5.91 Å². The molecule has 0 spiro atoms. The highest BCUT2D eigenvalue weighted by atomic mass is 35.5. The third kappa shape index (κ3) is 6.16. The average molecular weight is 524 g/mol. The zero-order chi connectivity index (χ0) is 25.5. The minimum Gasteiger partial charge on any atom is -0.497 e. The number of nitrogens with zero attached hydrogens (tertiary/aromatic N) is 3. The molecule has 36 heavy (non-hydrogen) atoms. The second kappa shape index (κ2) is 11.2. The van der Waals surface area contributed by atoms with Crippen molar-refractivity contribution >= 4 is 33.7 Å². The number of hydrogen-bond acceptors (Lipinski definition) is 6. The fourth-order valence-electron chi connectivity index (χ4n) is 3.24. The first-order valence-electron chi connectivity index (χ1n) is 10.7. The number of nitrogens with one attached hydrogen (secondary N) is 2. The molecule has 0 aliphatic heterocycles. The summed E-state index contributed by atoms with van der Waals surface area (Å²) in [5.74, 6) is 0.0787. The van der Waals surface area contributed by atoms with E-state index in [1.807, 2.05) is 54.6 Å². The van der Waals surface area contributed by atoms with E-state index < -0.39 is 22.5 Å². The van der Waals surface area contributed by atoms with Crippen molar-refractivity contribution in [3.8, 4) is 22.7 Å². The lowest BCUT2D eigenvalue weighted by atomic mass is 10.1. The summed E-state index contributed by atoms with van der Waals surface area (Å²) in [6.45, 7) is -0.489. The van der Waals surface area contributed by atoms with Gasteiger partial charge in [-0.2, -0.15) is 10.2 Å². The van der Waals surface area contributed by atoms with E-state index in [1.165, 1.54) is 30.5 Å². The first kappa shape index (κ1) is 25.1. The largest absolute Gasteiger partial charge is 0.497 e. The van der Waals surface area contributed by atoms with Crippen LogP contribution < -0.4 is 14.9 Å². The highest BCUT2D eigenvalue weighted by Gasteiger charge is 2.15. The second-order valence-electron chi connectivity index (χ2n) is 7.51. The summed E-state index contributed by atoms with van der Waals surface area (Å²) >= 11 is 5.79. The normalized spacial score (nSPS) is 11.5. The van der Waals surface area contributed by atoms with Gasteiger partial charge in [-0.05, 0) is 60.7 Å². The molecule has 0 bridgehead atoms. The van der Waals surface area contributed by atoms with Crippen molar-refractivity contribution in [2.75, 3.05) is 13.7 Å². The van der Waals surface area contributed by atoms with Crippen LogP contribution in [0.3, 0.4) is 0 Å². The summed E-state index contributed by atoms with van der Waals surface area (Å²) < 4.78 is 33.8. The molecule has 0 saturated heterocycles. The van der Waals surface area contributed by atoms with Crippen molar-refractivity contribution in [3.63, 3.8) is 0 Å². The van der Waals surface area contributed by atoms with E-state index in [-0.39, 0.29) is 4.90 Å². The van der Waals surface area contributed by atoms with Crippen LogP contribution in [0.4, 0.5) is 0 Å². The quantitative estimate of drug-likeness (QED) is 0.257. The fraction of sp³-hybridized carbons (Fsp3) is 0.0800. The van der Waals surface area contributed by atoms with Gasteiger partial charge in [-0.1, -0.05) is 29.8 Å². The number of methoxy groups -OCH3 is 1. The molecule has 184 valence electrons. The molecule has 3 aromatic carbocycles. The summed E-state index contributed by atoms with van der Waals surface area (Å²) in [7, 11) is -2.28. The van der Waals surface area contributed by atoms with Gasteiger partial charge in [0.1, 0.15) is 11.4 Å². The van der Waals surface area contributed by atoms with E-state index >= 15 is 0 Å². The molecule has 0 aliphatic carbocycles. The Morgan fingerprint density at radius 1 is 1.06 bits per heavy atom. The summed E-state index contributed by atoms with van der Waals surface area (Å²) in [4.78, 5) is 12.2. The molecular formula is C25H22ClN5O4S. The lowest BCUT2D eigenvalue weighted by Crippen LogP contribution is -2.34. The van der Waals surface area contributed by atoms with Crippen LogP contribution in [0.1, 0.15) is 5.56 Å². The van der Waals surface area contributed by atoms with Crippen molar-refractivity contribution in [1.82, 2.24) is 19.9 Å². The van der Waals surface area contributed by atoms with Gasteiger partial charge in [0.15, 0.2) is 0 Å². The maximum atomic E-state index is 12.3. The van der Waals surface area contributed by atoms with E-state index in [1.54, 1.807) is 18.0 Å². The number of halogens is 1. The minimum atomic E-state index is -3.87. The fourth-order valence-corrected chi connectivity index (χ4v) is 4.35. The van der Waals surface area contributed by atoms with Crippen molar-refractivity contribution in [2.45, 2.75) is 4.90 Å². The van der Waals surface area contributed by atoms with Crippen LogP contribution in [0.25, 0.3) is 16.9 Å². The summed E-state index contributed by atoms with van der Waals surface area (Å²) in [6.07, 6.45) is 3.24. The van der Waals surface area contributed by atoms with Gasteiger partial charge >= 0.3 is 0 Å². The number of carbonyl (C=O) groups excluding carboxylic acids is 1. The van der Waals surface area contributed by atoms with Crippen LogP contribution in [0.5, 0.6) is 5.75 Å². The van der Waals surface area contributed by atoms with E-state index in [0.717, 1.165) is 11.3 Å². The lowest BCUT2D eigenvalue weighted by Gasteiger charge is -2.06. The summed E-state index contributed by atoms with van der Waals surface area (Å²) in [5.41, 5.74) is 5.30. The molecule has 0 unspecified atom stereocenters. The van der Waals surface area contributed by atoms with E-state index in [0.29, 0.717) is 22.0 Å². The minimum absolute atomic E-state index is 0.000612. The number of amides is 1. The first-order chi connectivity index (χ1) is 17.4. The lowest BCUT2D eigenvalue weighted by molar-refractivity contribution is -0.119. The predicted molar refractivity (Wildman–Crippen MR) is 138 cm³/mol. The third-order valence-electron chi connectivity index (χ3n) is 5.07. The van der Waals surface area contributed by atoms with E-state index in [2.05, 4.69) is 20.3 Å². The van der Waals surface area contributed by atoms with Crippen LogP contribution in [0.2, 0.25) is 5.02 Å². The topological polar surface area (TPSA) is 115 Å². The monoisotopic (exact) mass is 523 g/mol. The molecule has 0 aliphatic rings.